The van der Waals surface area contributed by atoms with Crippen molar-refractivity contribution in [3.63, 3.8) is 0 Å². The molecule has 1 aliphatic rings. The monoisotopic (exact) mass is 329 g/mol. The third-order valence-electron chi connectivity index (χ3n) is 4.53. The van der Waals surface area contributed by atoms with Crippen molar-refractivity contribution in [3.8, 4) is 0 Å². The van der Waals surface area contributed by atoms with Crippen molar-refractivity contribution in [2.24, 2.45) is 0 Å². The number of rotatable bonds is 5. The lowest BCUT2D eigenvalue weighted by atomic mass is 9.62. The van der Waals surface area contributed by atoms with Gasteiger partial charge in [0.05, 0.1) is 6.10 Å². The Kier molecular flexibility index (Phi) is 4.53. The zero-order valence-electron chi connectivity index (χ0n) is 14.0. The second-order valence-corrected chi connectivity index (χ2v) is 6.31. The molecule has 24 heavy (non-hydrogen) atoms. The van der Waals surface area contributed by atoms with Gasteiger partial charge in [0.25, 0.3) is 0 Å². The summed E-state index contributed by atoms with van der Waals surface area (Å²) in [6.45, 7) is 4.84. The van der Waals surface area contributed by atoms with Crippen LogP contribution in [-0.2, 0) is 12.0 Å². The van der Waals surface area contributed by atoms with E-state index in [2.05, 4.69) is 20.7 Å². The average Bonchev–Trinajstić information content (AvgIpc) is 2.90. The predicted molar refractivity (Wildman–Crippen MR) is 90.8 cm³/mol. The molecule has 0 unspecified atom stereocenters. The summed E-state index contributed by atoms with van der Waals surface area (Å²) in [7, 11) is 0. The van der Waals surface area contributed by atoms with E-state index in [0.29, 0.717) is 37.7 Å². The second kappa shape index (κ2) is 6.60. The lowest BCUT2D eigenvalue weighted by molar-refractivity contribution is 0.0193. The number of aliphatic hydroxyl groups excluding tert-OH is 1. The number of aliphatic hydroxyl groups is 1. The number of hydrogen-bond donors (Lipinski definition) is 3. The smallest absolute Gasteiger partial charge is 0.321 e. The minimum absolute atomic E-state index is 0.202. The van der Waals surface area contributed by atoms with E-state index in [-0.39, 0.29) is 17.6 Å². The van der Waals surface area contributed by atoms with Crippen LogP contribution < -0.4 is 10.6 Å². The topological polar surface area (TPSA) is 92.1 Å². The minimum atomic E-state index is -0.311. The first-order valence-corrected chi connectivity index (χ1v) is 8.22. The van der Waals surface area contributed by atoms with Crippen LogP contribution >= 0.6 is 0 Å². The van der Waals surface area contributed by atoms with Crippen LogP contribution in [0.15, 0.2) is 30.3 Å². The molecule has 7 heteroatoms. The van der Waals surface area contributed by atoms with Crippen LogP contribution in [0, 0.1) is 6.92 Å². The summed E-state index contributed by atoms with van der Waals surface area (Å²) in [4.78, 5) is 16.4. The summed E-state index contributed by atoms with van der Waals surface area (Å²) in [5, 5.41) is 19.6. The molecular weight excluding hydrogens is 306 g/mol. The molecule has 7 nitrogen and oxygen atoms in total. The highest BCUT2D eigenvalue weighted by molar-refractivity contribution is 5.87. The molecule has 0 bridgehead atoms. The highest BCUT2D eigenvalue weighted by atomic mass is 16.3. The van der Waals surface area contributed by atoms with Crippen molar-refractivity contribution in [3.05, 3.63) is 41.7 Å². The lowest BCUT2D eigenvalue weighted by Crippen LogP contribution is -2.52. The molecule has 0 atom stereocenters. The van der Waals surface area contributed by atoms with E-state index in [1.807, 2.05) is 37.3 Å². The molecule has 0 spiro atoms. The van der Waals surface area contributed by atoms with Gasteiger partial charge in [0, 0.05) is 18.5 Å². The Morgan fingerprint density at radius 3 is 2.71 bits per heavy atom. The number of carbonyl (C=O) groups excluding carboxylic acids is 1. The Bertz CT molecular complexity index is 707. The molecule has 128 valence electrons. The molecule has 1 aromatic heterocycles. The third kappa shape index (κ3) is 3.26. The number of amides is 2. The van der Waals surface area contributed by atoms with E-state index < -0.39 is 0 Å². The molecule has 2 amide bonds. The highest BCUT2D eigenvalue weighted by Crippen LogP contribution is 2.43. The Morgan fingerprint density at radius 2 is 2.08 bits per heavy atom. The maximum atomic E-state index is 12.2. The molecule has 3 N–H and O–H groups in total. The fourth-order valence-corrected chi connectivity index (χ4v) is 3.28. The Morgan fingerprint density at radius 1 is 1.38 bits per heavy atom. The van der Waals surface area contributed by atoms with Crippen LogP contribution in [0.25, 0.3) is 0 Å². The van der Waals surface area contributed by atoms with E-state index in [0.717, 1.165) is 5.56 Å². The molecule has 2 aromatic rings. The minimum Gasteiger partial charge on any atom is -0.393 e. The van der Waals surface area contributed by atoms with E-state index in [4.69, 9.17) is 0 Å². The fourth-order valence-electron chi connectivity index (χ4n) is 3.28. The van der Waals surface area contributed by atoms with Crippen LogP contribution in [0.4, 0.5) is 10.7 Å². The van der Waals surface area contributed by atoms with Gasteiger partial charge in [0.15, 0.2) is 0 Å². The highest BCUT2D eigenvalue weighted by Gasteiger charge is 2.44. The number of aromatic nitrogens is 3. The molecule has 0 saturated heterocycles. The zero-order valence-corrected chi connectivity index (χ0v) is 14.0. The number of benzene rings is 1. The quantitative estimate of drug-likeness (QED) is 0.780. The number of hydrogen-bond acceptors (Lipinski definition) is 4. The largest absolute Gasteiger partial charge is 0.393 e. The van der Waals surface area contributed by atoms with Gasteiger partial charge in [-0.2, -0.15) is 10.1 Å². The van der Waals surface area contributed by atoms with Crippen molar-refractivity contribution in [2.45, 2.75) is 44.8 Å². The Balaban J connectivity index is 1.64. The lowest BCUT2D eigenvalue weighted by Gasteiger charge is -2.46. The van der Waals surface area contributed by atoms with E-state index in [1.54, 1.807) is 11.6 Å². The number of nitrogens with zero attached hydrogens (tertiary/aromatic N) is 3. The van der Waals surface area contributed by atoms with Gasteiger partial charge < -0.3 is 10.4 Å². The van der Waals surface area contributed by atoms with E-state index in [1.165, 1.54) is 0 Å². The van der Waals surface area contributed by atoms with Crippen LogP contribution in [0.2, 0.25) is 0 Å². The van der Waals surface area contributed by atoms with Gasteiger partial charge in [-0.3, -0.25) is 5.32 Å². The van der Waals surface area contributed by atoms with Gasteiger partial charge in [-0.1, -0.05) is 30.3 Å². The molecule has 0 radical (unpaired) electrons. The Labute approximate surface area is 141 Å². The number of aryl methyl sites for hydroxylation is 2. The summed E-state index contributed by atoms with van der Waals surface area (Å²) >= 11 is 0. The zero-order chi connectivity index (χ0) is 17.2. The molecule has 1 aliphatic carbocycles. The SMILES string of the molecule is CCn1nc(C)nc1NC(=O)NCC1(c2ccccc2)CC(O)C1. The number of nitrogens with one attached hydrogen (secondary N) is 2. The molecule has 3 rings (SSSR count). The summed E-state index contributed by atoms with van der Waals surface area (Å²) in [6.07, 6.45) is 1.00. The average molecular weight is 329 g/mol. The third-order valence-corrected chi connectivity index (χ3v) is 4.53. The predicted octanol–water partition coefficient (Wildman–Crippen LogP) is 1.82. The van der Waals surface area contributed by atoms with Gasteiger partial charge in [-0.25, -0.2) is 9.48 Å². The molecule has 0 aliphatic heterocycles. The molecule has 1 saturated carbocycles. The van der Waals surface area contributed by atoms with Crippen molar-refractivity contribution in [1.29, 1.82) is 0 Å². The number of anilines is 1. The van der Waals surface area contributed by atoms with Crippen molar-refractivity contribution < 1.29 is 9.90 Å². The standard InChI is InChI=1S/C17H23N5O2/c1-3-22-15(19-12(2)21-22)20-16(24)18-11-17(9-14(23)10-17)13-7-5-4-6-8-13/h4-8,14,23H,3,9-11H2,1-2H3,(H2,18,19,20,21,24). The fraction of sp³-hybridized carbons (Fsp3) is 0.471. The first-order valence-electron chi connectivity index (χ1n) is 8.22. The van der Waals surface area contributed by atoms with E-state index in [9.17, 15) is 9.90 Å². The van der Waals surface area contributed by atoms with Crippen molar-refractivity contribution >= 4 is 12.0 Å². The normalized spacial score (nSPS) is 22.7. The summed E-state index contributed by atoms with van der Waals surface area (Å²) in [6, 6.07) is 9.70. The van der Waals surface area contributed by atoms with Gasteiger partial charge >= 0.3 is 6.03 Å². The van der Waals surface area contributed by atoms with Gasteiger partial charge in [-0.15, -0.1) is 0 Å². The molecule has 1 fully saturated rings. The summed E-state index contributed by atoms with van der Waals surface area (Å²) in [5.41, 5.74) is 0.940. The molecule has 1 heterocycles. The van der Waals surface area contributed by atoms with Gasteiger partial charge in [0.1, 0.15) is 5.82 Å². The van der Waals surface area contributed by atoms with Crippen LogP contribution in [0.5, 0.6) is 0 Å². The summed E-state index contributed by atoms with van der Waals surface area (Å²) in [5.74, 6) is 1.06. The van der Waals surface area contributed by atoms with Gasteiger partial charge in [0.2, 0.25) is 5.95 Å². The van der Waals surface area contributed by atoms with Crippen LogP contribution in [-0.4, -0.2) is 38.6 Å². The first kappa shape index (κ1) is 16.4. The first-order chi connectivity index (χ1) is 11.5. The summed E-state index contributed by atoms with van der Waals surface area (Å²) < 4.78 is 1.65. The molecule has 1 aromatic carbocycles. The number of urea groups is 1. The van der Waals surface area contributed by atoms with E-state index >= 15 is 0 Å². The number of carbonyl (C=O) groups is 1. The van der Waals surface area contributed by atoms with Crippen LogP contribution in [0.1, 0.15) is 31.2 Å². The maximum absolute atomic E-state index is 12.2. The molecular formula is C17H23N5O2. The van der Waals surface area contributed by atoms with Crippen molar-refractivity contribution in [2.75, 3.05) is 11.9 Å². The maximum Gasteiger partial charge on any atom is 0.321 e. The Hall–Kier alpha value is -2.41. The second-order valence-electron chi connectivity index (χ2n) is 6.31. The van der Waals surface area contributed by atoms with Crippen LogP contribution in [0.3, 0.4) is 0 Å². The van der Waals surface area contributed by atoms with Crippen molar-refractivity contribution in [1.82, 2.24) is 20.1 Å². The van der Waals surface area contributed by atoms with Gasteiger partial charge in [-0.05, 0) is 32.3 Å².